The van der Waals surface area contributed by atoms with E-state index in [1.165, 1.54) is 199 Å². The third-order valence-electron chi connectivity index (χ3n) is 25.4. The van der Waals surface area contributed by atoms with Crippen LogP contribution in [0.3, 0.4) is 0 Å². The predicted octanol–water partition coefficient (Wildman–Crippen LogP) is 27.9. The second-order valence-corrected chi connectivity index (χ2v) is 38.5. The van der Waals surface area contributed by atoms with Gasteiger partial charge in [-0.1, -0.05) is 347 Å². The molecule has 0 spiro atoms. The second-order valence-electron chi connectivity index (χ2n) is 38.5. The van der Waals surface area contributed by atoms with E-state index in [2.05, 4.69) is 415 Å². The van der Waals surface area contributed by atoms with Gasteiger partial charge in [0.25, 0.3) is 6.71 Å². The fourth-order valence-electron chi connectivity index (χ4n) is 19.5. The van der Waals surface area contributed by atoms with Gasteiger partial charge in [0.05, 0.1) is 11.0 Å². The first-order valence-electron chi connectivity index (χ1n) is 41.9. The van der Waals surface area contributed by atoms with E-state index in [-0.39, 0.29) is 33.8 Å². The molecule has 0 saturated carbocycles. The quantitative estimate of drug-likeness (QED) is 0.0648. The molecule has 0 radical (unpaired) electrons. The molecular formula is C111H104BN3. The Morgan fingerprint density at radius 3 is 1.11 bits per heavy atom. The minimum atomic E-state index is -0.124. The molecule has 19 rings (SSSR count). The normalized spacial score (nSPS) is 13.3. The van der Waals surface area contributed by atoms with Crippen molar-refractivity contribution in [3.8, 4) is 61.3 Å². The highest BCUT2D eigenvalue weighted by Gasteiger charge is 2.44. The highest BCUT2D eigenvalue weighted by molar-refractivity contribution is 7.00. The summed E-state index contributed by atoms with van der Waals surface area (Å²) >= 11 is 0. The van der Waals surface area contributed by atoms with Crippen molar-refractivity contribution in [1.29, 1.82) is 0 Å². The number of hydrogen-bond acceptors (Lipinski definition) is 2. The number of rotatable bonds is 13. The van der Waals surface area contributed by atoms with Gasteiger partial charge in [0.2, 0.25) is 0 Å². The fraction of sp³-hybridized carbons (Fsp3) is 0.225. The van der Waals surface area contributed by atoms with Crippen LogP contribution in [0.1, 0.15) is 143 Å². The fourth-order valence-corrected chi connectivity index (χ4v) is 19.5. The lowest BCUT2D eigenvalue weighted by molar-refractivity contribution is 0.411. The molecule has 2 aliphatic rings. The van der Waals surface area contributed by atoms with Gasteiger partial charge in [0.15, 0.2) is 0 Å². The molecule has 16 aromatic carbocycles. The zero-order valence-corrected chi connectivity index (χ0v) is 69.7. The summed E-state index contributed by atoms with van der Waals surface area (Å²) in [6, 6.07) is 116. The van der Waals surface area contributed by atoms with E-state index >= 15 is 0 Å². The largest absolute Gasteiger partial charge is 0.342 e. The number of aromatic nitrogens is 1. The van der Waals surface area contributed by atoms with Crippen molar-refractivity contribution in [2.24, 2.45) is 5.41 Å². The van der Waals surface area contributed by atoms with Crippen LogP contribution < -0.4 is 26.2 Å². The van der Waals surface area contributed by atoms with E-state index in [0.717, 1.165) is 38.0 Å². The first kappa shape index (κ1) is 73.5. The standard InChI is InChI=1S/C111H104BN3/c1-107(2,3)69-70-59-102-106-103(60-70)114(58-56-84-92(73-35-24-18-25-36-73)66-80(111(13,14)15)67-93(84)74-37-26-19-27-38-74)101-68-81(115-98-53-46-77(108(4,5)6)62-94(98)95-63-78(109(7,8)9)47-54-99(95)115)48-52-97(101)112(106)96-51-45-76(82-49-50-89-87-42-29-40-75-39-28-41-86(104(75)87)88-44-30-43-85(82)105(88)89)61-100(96)113(102)57-55-83-90(71-31-20-16-21-32-71)64-79(110(10,11)12)65-91(83)72-33-22-17-23-34-72/h16-54,59-68H,55-58,69H2,1-15H3. The number of nitrogens with zero attached hydrogens (tertiary/aromatic N) is 3. The first-order chi connectivity index (χ1) is 55.2. The summed E-state index contributed by atoms with van der Waals surface area (Å²) in [7, 11) is 0. The number of hydrogen-bond donors (Lipinski definition) is 0. The van der Waals surface area contributed by atoms with Gasteiger partial charge in [0, 0.05) is 52.3 Å². The summed E-state index contributed by atoms with van der Waals surface area (Å²) < 4.78 is 2.59. The average molecular weight is 1490 g/mol. The summed E-state index contributed by atoms with van der Waals surface area (Å²) in [6.07, 6.45) is 2.45. The van der Waals surface area contributed by atoms with Gasteiger partial charge in [-0.05, 0) is 255 Å². The topological polar surface area (TPSA) is 11.4 Å². The Balaban J connectivity index is 0.888. The molecule has 0 bridgehead atoms. The molecular weight excluding hydrogens is 1390 g/mol. The summed E-state index contributed by atoms with van der Waals surface area (Å²) in [5, 5.41) is 13.0. The Morgan fingerprint density at radius 1 is 0.278 bits per heavy atom. The molecule has 0 N–H and O–H groups in total. The van der Waals surface area contributed by atoms with Crippen LogP contribution in [0.25, 0.3) is 126 Å². The van der Waals surface area contributed by atoms with Crippen LogP contribution in [-0.4, -0.2) is 24.4 Å². The Hall–Kier alpha value is -11.7. The Labute approximate surface area is 681 Å². The first-order valence-corrected chi connectivity index (χ1v) is 41.9. The number of fused-ring (bicyclic) bond motifs is 9. The summed E-state index contributed by atoms with van der Waals surface area (Å²) in [5.74, 6) is 0. The minimum absolute atomic E-state index is 0.0412. The van der Waals surface area contributed by atoms with Crippen LogP contribution in [0.5, 0.6) is 0 Å². The van der Waals surface area contributed by atoms with Gasteiger partial charge >= 0.3 is 0 Å². The van der Waals surface area contributed by atoms with Gasteiger partial charge in [-0.3, -0.25) is 0 Å². The van der Waals surface area contributed by atoms with Crippen molar-refractivity contribution in [2.45, 2.75) is 145 Å². The average Bonchev–Trinajstić information content (AvgIpc) is 1.19. The molecule has 0 saturated heterocycles. The Morgan fingerprint density at radius 2 is 0.678 bits per heavy atom. The second kappa shape index (κ2) is 27.5. The monoisotopic (exact) mass is 1490 g/mol. The molecule has 4 heteroatoms. The van der Waals surface area contributed by atoms with Crippen molar-refractivity contribution in [3.05, 3.63) is 336 Å². The molecule has 1 aromatic heterocycles. The van der Waals surface area contributed by atoms with E-state index in [4.69, 9.17) is 0 Å². The van der Waals surface area contributed by atoms with Crippen molar-refractivity contribution in [2.75, 3.05) is 22.9 Å². The van der Waals surface area contributed by atoms with E-state index in [0.29, 0.717) is 0 Å². The van der Waals surface area contributed by atoms with Crippen molar-refractivity contribution < 1.29 is 0 Å². The highest BCUT2D eigenvalue weighted by atomic mass is 15.2. The molecule has 3 nitrogen and oxygen atoms in total. The molecule has 566 valence electrons. The molecule has 3 heterocycles. The molecule has 0 fully saturated rings. The molecule has 17 aromatic rings. The predicted molar refractivity (Wildman–Crippen MR) is 499 cm³/mol. The molecule has 0 unspecified atom stereocenters. The third-order valence-corrected chi connectivity index (χ3v) is 25.4. The van der Waals surface area contributed by atoms with Crippen LogP contribution in [0.2, 0.25) is 0 Å². The lowest BCUT2D eigenvalue weighted by Gasteiger charge is -2.45. The molecule has 0 atom stereocenters. The zero-order chi connectivity index (χ0) is 79.4. The zero-order valence-electron chi connectivity index (χ0n) is 69.7. The van der Waals surface area contributed by atoms with Crippen LogP contribution in [-0.2, 0) is 40.9 Å². The van der Waals surface area contributed by atoms with Crippen molar-refractivity contribution in [3.63, 3.8) is 0 Å². The van der Waals surface area contributed by atoms with E-state index < -0.39 is 0 Å². The Kier molecular flexibility index (Phi) is 17.6. The van der Waals surface area contributed by atoms with E-state index in [1.807, 2.05) is 0 Å². The Bertz CT molecular complexity index is 6440. The van der Waals surface area contributed by atoms with Gasteiger partial charge in [-0.2, -0.15) is 0 Å². The van der Waals surface area contributed by atoms with E-state index in [9.17, 15) is 0 Å². The molecule has 115 heavy (non-hydrogen) atoms. The van der Waals surface area contributed by atoms with Gasteiger partial charge in [0.1, 0.15) is 0 Å². The maximum absolute atomic E-state index is 2.81. The highest BCUT2D eigenvalue weighted by Crippen LogP contribution is 2.49. The van der Waals surface area contributed by atoms with Crippen LogP contribution >= 0.6 is 0 Å². The van der Waals surface area contributed by atoms with Crippen molar-refractivity contribution in [1.82, 2.24) is 4.57 Å². The van der Waals surface area contributed by atoms with Crippen LogP contribution in [0.15, 0.2) is 297 Å². The summed E-state index contributed by atoms with van der Waals surface area (Å²) in [4.78, 5) is 5.62. The van der Waals surface area contributed by atoms with Gasteiger partial charge in [-0.15, -0.1) is 0 Å². The van der Waals surface area contributed by atoms with Crippen molar-refractivity contribution >= 4 is 111 Å². The smallest absolute Gasteiger partial charge is 0.252 e. The summed E-state index contributed by atoms with van der Waals surface area (Å²) in [5.41, 5.74) is 34.4. The number of anilines is 4. The minimum Gasteiger partial charge on any atom is -0.342 e. The maximum Gasteiger partial charge on any atom is 0.252 e. The third kappa shape index (κ3) is 12.9. The SMILES string of the molecule is CC(C)(C)Cc1cc2c3c(c1)N(CCc1c(-c4ccccc4)cc(C(C)(C)C)cc1-c1ccccc1)c1cc(-n4c5ccc(C(C)(C)C)cc5c5cc(C(C)(C)C)ccc54)ccc1B3c1ccc(-c3ccc4c5cccc6cccc(c7cccc3c74)c65)cc1N2CCc1c(-c2ccccc2)cc(C(C)(C)C)cc1-c1ccccc1. The number of benzene rings is 16. The lowest BCUT2D eigenvalue weighted by atomic mass is 9.33. The van der Waals surface area contributed by atoms with Gasteiger partial charge in [-0.25, -0.2) is 0 Å². The van der Waals surface area contributed by atoms with Crippen LogP contribution in [0, 0.1) is 5.41 Å². The molecule has 0 aliphatic carbocycles. The molecule has 0 amide bonds. The summed E-state index contributed by atoms with van der Waals surface area (Å²) in [6.45, 7) is 36.9. The molecule has 2 aliphatic heterocycles. The van der Waals surface area contributed by atoms with Crippen LogP contribution in [0.4, 0.5) is 22.7 Å². The maximum atomic E-state index is 2.81. The lowest BCUT2D eigenvalue weighted by Crippen LogP contribution is -2.62. The van der Waals surface area contributed by atoms with E-state index in [1.54, 1.807) is 0 Å². The van der Waals surface area contributed by atoms with Gasteiger partial charge < -0.3 is 14.4 Å².